The Balaban J connectivity index is 2.24. The number of aryl methyl sites for hydroxylation is 1. The minimum Gasteiger partial charge on any atom is -0.321 e. The molecule has 0 aliphatic heterocycles. The molecule has 1 heterocycles. The maximum atomic E-state index is 12.1. The second-order valence-electron chi connectivity index (χ2n) is 3.85. The van der Waals surface area contributed by atoms with Gasteiger partial charge in [-0.05, 0) is 41.1 Å². The van der Waals surface area contributed by atoms with E-state index in [0.29, 0.717) is 16.3 Å². The van der Waals surface area contributed by atoms with Crippen molar-refractivity contribution in [2.75, 3.05) is 5.32 Å². The topological polar surface area (TPSA) is 46.9 Å². The van der Waals surface area contributed by atoms with Crippen LogP contribution < -0.4 is 5.32 Å². The Hall–Kier alpha value is -1.33. The molecule has 0 spiro atoms. The van der Waals surface area contributed by atoms with Crippen LogP contribution in [0.2, 0.25) is 5.02 Å². The molecule has 0 aliphatic rings. The zero-order valence-corrected chi connectivity index (χ0v) is 12.2. The highest BCUT2D eigenvalue weighted by atomic mass is 79.9. The van der Waals surface area contributed by atoms with Crippen LogP contribution in [0.4, 0.5) is 5.69 Å². The van der Waals surface area contributed by atoms with Gasteiger partial charge in [-0.15, -0.1) is 0 Å². The number of anilines is 1. The van der Waals surface area contributed by atoms with E-state index in [2.05, 4.69) is 26.3 Å². The molecular formula is C12H11BrClN3O. The quantitative estimate of drug-likeness (QED) is 0.918. The summed E-state index contributed by atoms with van der Waals surface area (Å²) >= 11 is 9.19. The third kappa shape index (κ3) is 2.57. The SMILES string of the molecule is Cc1c(C(=O)Nc2ccc(Cl)cc2Br)cnn1C. The number of halogens is 2. The number of benzene rings is 1. The average Bonchev–Trinajstić information content (AvgIpc) is 2.64. The molecule has 1 amide bonds. The van der Waals surface area contributed by atoms with Crippen molar-refractivity contribution in [2.45, 2.75) is 6.92 Å². The molecule has 0 fully saturated rings. The van der Waals surface area contributed by atoms with Gasteiger partial charge in [0.15, 0.2) is 0 Å². The number of amides is 1. The molecule has 0 unspecified atom stereocenters. The Bertz CT molecular complexity index is 609. The summed E-state index contributed by atoms with van der Waals surface area (Å²) in [7, 11) is 1.80. The molecule has 18 heavy (non-hydrogen) atoms. The highest BCUT2D eigenvalue weighted by Gasteiger charge is 2.14. The lowest BCUT2D eigenvalue weighted by molar-refractivity contribution is 0.102. The summed E-state index contributed by atoms with van der Waals surface area (Å²) < 4.78 is 2.40. The minimum absolute atomic E-state index is 0.191. The lowest BCUT2D eigenvalue weighted by Crippen LogP contribution is -2.13. The first kappa shape index (κ1) is 13.1. The standard InChI is InChI=1S/C12H11BrClN3O/c1-7-9(6-15-17(7)2)12(18)16-11-4-3-8(14)5-10(11)13/h3-6H,1-2H3,(H,16,18). The average molecular weight is 329 g/mol. The summed E-state index contributed by atoms with van der Waals surface area (Å²) in [5, 5.41) is 7.46. The summed E-state index contributed by atoms with van der Waals surface area (Å²) in [6, 6.07) is 5.20. The maximum Gasteiger partial charge on any atom is 0.259 e. The van der Waals surface area contributed by atoms with Crippen molar-refractivity contribution in [2.24, 2.45) is 7.05 Å². The predicted molar refractivity (Wildman–Crippen MR) is 75.1 cm³/mol. The van der Waals surface area contributed by atoms with E-state index >= 15 is 0 Å². The van der Waals surface area contributed by atoms with Crippen molar-refractivity contribution < 1.29 is 4.79 Å². The molecule has 0 aliphatic carbocycles. The number of nitrogens with zero attached hydrogens (tertiary/aromatic N) is 2. The van der Waals surface area contributed by atoms with Crippen LogP contribution in [0.3, 0.4) is 0 Å². The lowest BCUT2D eigenvalue weighted by Gasteiger charge is -2.07. The zero-order valence-electron chi connectivity index (χ0n) is 9.87. The molecule has 1 aromatic heterocycles. The van der Waals surface area contributed by atoms with Crippen LogP contribution in [-0.2, 0) is 7.05 Å². The number of carbonyl (C=O) groups is 1. The zero-order chi connectivity index (χ0) is 13.3. The second kappa shape index (κ2) is 5.12. The Kier molecular flexibility index (Phi) is 3.73. The normalized spacial score (nSPS) is 10.4. The van der Waals surface area contributed by atoms with Crippen LogP contribution in [0.25, 0.3) is 0 Å². The fourth-order valence-electron chi connectivity index (χ4n) is 1.50. The summed E-state index contributed by atoms with van der Waals surface area (Å²) in [4.78, 5) is 12.1. The van der Waals surface area contributed by atoms with Crippen LogP contribution in [0.1, 0.15) is 16.1 Å². The fraction of sp³-hybridized carbons (Fsp3) is 0.167. The van der Waals surface area contributed by atoms with Crippen LogP contribution >= 0.6 is 27.5 Å². The monoisotopic (exact) mass is 327 g/mol. The van der Waals surface area contributed by atoms with Crippen molar-refractivity contribution in [3.8, 4) is 0 Å². The molecular weight excluding hydrogens is 318 g/mol. The highest BCUT2D eigenvalue weighted by Crippen LogP contribution is 2.26. The van der Waals surface area contributed by atoms with E-state index in [0.717, 1.165) is 10.2 Å². The van der Waals surface area contributed by atoms with Gasteiger partial charge in [-0.2, -0.15) is 5.10 Å². The fourth-order valence-corrected chi connectivity index (χ4v) is 2.28. The summed E-state index contributed by atoms with van der Waals surface area (Å²) in [6.07, 6.45) is 1.55. The first-order valence-electron chi connectivity index (χ1n) is 5.24. The predicted octanol–water partition coefficient (Wildman–Crippen LogP) is 3.40. The van der Waals surface area contributed by atoms with E-state index in [1.807, 2.05) is 6.92 Å². The van der Waals surface area contributed by atoms with Crippen LogP contribution in [0.15, 0.2) is 28.9 Å². The number of carbonyl (C=O) groups excluding carboxylic acids is 1. The third-order valence-corrected chi connectivity index (χ3v) is 3.55. The van der Waals surface area contributed by atoms with Gasteiger partial charge in [0.25, 0.3) is 5.91 Å². The van der Waals surface area contributed by atoms with Crippen LogP contribution in [0.5, 0.6) is 0 Å². The van der Waals surface area contributed by atoms with E-state index in [1.54, 1.807) is 36.1 Å². The second-order valence-corrected chi connectivity index (χ2v) is 5.14. The van der Waals surface area contributed by atoms with Crippen molar-refractivity contribution in [1.29, 1.82) is 0 Å². The van der Waals surface area contributed by atoms with Gasteiger partial charge in [-0.25, -0.2) is 0 Å². The van der Waals surface area contributed by atoms with Gasteiger partial charge in [0.05, 0.1) is 17.4 Å². The Labute approximate surface area is 118 Å². The van der Waals surface area contributed by atoms with E-state index in [-0.39, 0.29) is 5.91 Å². The van der Waals surface area contributed by atoms with E-state index < -0.39 is 0 Å². The summed E-state index contributed by atoms with van der Waals surface area (Å²) in [5.74, 6) is -0.191. The molecule has 2 rings (SSSR count). The van der Waals surface area contributed by atoms with Gasteiger partial charge in [-0.3, -0.25) is 9.48 Å². The van der Waals surface area contributed by atoms with Crippen molar-refractivity contribution in [3.05, 3.63) is 45.1 Å². The van der Waals surface area contributed by atoms with Crippen molar-refractivity contribution in [3.63, 3.8) is 0 Å². The first-order valence-corrected chi connectivity index (χ1v) is 6.41. The summed E-state index contributed by atoms with van der Waals surface area (Å²) in [5.41, 5.74) is 2.05. The van der Waals surface area contributed by atoms with Gasteiger partial charge >= 0.3 is 0 Å². The van der Waals surface area contributed by atoms with E-state index in [9.17, 15) is 4.79 Å². The van der Waals surface area contributed by atoms with Crippen LogP contribution in [-0.4, -0.2) is 15.7 Å². The largest absolute Gasteiger partial charge is 0.321 e. The first-order chi connectivity index (χ1) is 8.49. The van der Waals surface area contributed by atoms with E-state index in [1.165, 1.54) is 0 Å². The molecule has 1 aromatic carbocycles. The molecule has 2 aromatic rings. The van der Waals surface area contributed by atoms with Crippen molar-refractivity contribution >= 4 is 39.1 Å². The van der Waals surface area contributed by atoms with Gasteiger partial charge in [-0.1, -0.05) is 11.6 Å². The Morgan fingerprint density at radius 2 is 2.22 bits per heavy atom. The van der Waals surface area contributed by atoms with Crippen LogP contribution in [0, 0.1) is 6.92 Å². The molecule has 0 radical (unpaired) electrons. The number of hydrogen-bond donors (Lipinski definition) is 1. The molecule has 0 saturated carbocycles. The summed E-state index contributed by atoms with van der Waals surface area (Å²) in [6.45, 7) is 1.85. The molecule has 0 saturated heterocycles. The molecule has 1 N–H and O–H groups in total. The molecule has 0 bridgehead atoms. The van der Waals surface area contributed by atoms with Gasteiger partial charge in [0, 0.05) is 22.2 Å². The highest BCUT2D eigenvalue weighted by molar-refractivity contribution is 9.10. The Morgan fingerprint density at radius 1 is 1.50 bits per heavy atom. The Morgan fingerprint density at radius 3 is 2.78 bits per heavy atom. The number of nitrogens with one attached hydrogen (secondary N) is 1. The van der Waals surface area contributed by atoms with E-state index in [4.69, 9.17) is 11.6 Å². The smallest absolute Gasteiger partial charge is 0.259 e. The van der Waals surface area contributed by atoms with Gasteiger partial charge in [0.2, 0.25) is 0 Å². The third-order valence-electron chi connectivity index (χ3n) is 2.66. The number of aromatic nitrogens is 2. The minimum atomic E-state index is -0.191. The molecule has 6 heteroatoms. The maximum absolute atomic E-state index is 12.1. The molecule has 94 valence electrons. The lowest BCUT2D eigenvalue weighted by atomic mass is 10.2. The number of rotatable bonds is 2. The van der Waals surface area contributed by atoms with Gasteiger partial charge in [0.1, 0.15) is 0 Å². The number of hydrogen-bond acceptors (Lipinski definition) is 2. The molecule has 4 nitrogen and oxygen atoms in total. The van der Waals surface area contributed by atoms with Gasteiger partial charge < -0.3 is 5.32 Å². The van der Waals surface area contributed by atoms with Crippen molar-refractivity contribution in [1.82, 2.24) is 9.78 Å². The molecule has 0 atom stereocenters.